The SMILES string of the molecule is CCOC(=O)C1=C(c2ccccc2)NC(=S)N[C@@H]1c1ccc(OCc2ccc(Cl)cc2Cl)c(OC)c1. The number of nitrogens with one attached hydrogen (secondary N) is 2. The molecule has 36 heavy (non-hydrogen) atoms. The van der Waals surface area contributed by atoms with Crippen molar-refractivity contribution >= 4 is 52.2 Å². The van der Waals surface area contributed by atoms with Crippen molar-refractivity contribution in [2.24, 2.45) is 0 Å². The van der Waals surface area contributed by atoms with Crippen LogP contribution in [-0.4, -0.2) is 24.8 Å². The van der Waals surface area contributed by atoms with E-state index in [1.807, 2.05) is 48.5 Å². The van der Waals surface area contributed by atoms with Gasteiger partial charge in [-0.05, 0) is 54.5 Å². The summed E-state index contributed by atoms with van der Waals surface area (Å²) in [6.45, 7) is 2.24. The summed E-state index contributed by atoms with van der Waals surface area (Å²) < 4.78 is 17.0. The summed E-state index contributed by atoms with van der Waals surface area (Å²) in [5, 5.41) is 7.79. The Kier molecular flexibility index (Phi) is 8.36. The first-order chi connectivity index (χ1) is 17.4. The summed E-state index contributed by atoms with van der Waals surface area (Å²) in [6.07, 6.45) is 0. The molecule has 1 aliphatic rings. The molecule has 0 amide bonds. The summed E-state index contributed by atoms with van der Waals surface area (Å²) in [5.74, 6) is 0.572. The summed E-state index contributed by atoms with van der Waals surface area (Å²) in [6, 6.07) is 19.6. The Balaban J connectivity index is 1.70. The van der Waals surface area contributed by atoms with Gasteiger partial charge >= 0.3 is 5.97 Å². The zero-order valence-corrected chi connectivity index (χ0v) is 22.0. The van der Waals surface area contributed by atoms with E-state index in [0.29, 0.717) is 37.9 Å². The number of rotatable bonds is 8. The van der Waals surface area contributed by atoms with Crippen molar-refractivity contribution in [2.45, 2.75) is 19.6 Å². The number of ether oxygens (including phenoxy) is 3. The van der Waals surface area contributed by atoms with Gasteiger partial charge in [-0.15, -0.1) is 0 Å². The quantitative estimate of drug-likeness (QED) is 0.264. The number of esters is 1. The molecule has 0 spiro atoms. The van der Waals surface area contributed by atoms with Gasteiger partial charge in [0, 0.05) is 15.6 Å². The van der Waals surface area contributed by atoms with E-state index in [4.69, 9.17) is 49.6 Å². The van der Waals surface area contributed by atoms with E-state index in [9.17, 15) is 4.79 Å². The van der Waals surface area contributed by atoms with Gasteiger partial charge < -0.3 is 24.8 Å². The van der Waals surface area contributed by atoms with Gasteiger partial charge in [-0.1, -0.05) is 65.7 Å². The molecule has 1 heterocycles. The third-order valence-electron chi connectivity index (χ3n) is 5.55. The Labute approximate surface area is 225 Å². The van der Waals surface area contributed by atoms with Crippen molar-refractivity contribution in [3.05, 3.63) is 99.0 Å². The van der Waals surface area contributed by atoms with Crippen molar-refractivity contribution < 1.29 is 19.0 Å². The Hall–Kier alpha value is -3.26. The highest BCUT2D eigenvalue weighted by atomic mass is 35.5. The van der Waals surface area contributed by atoms with Gasteiger partial charge in [-0.25, -0.2) is 4.79 Å². The van der Waals surface area contributed by atoms with E-state index >= 15 is 0 Å². The molecule has 6 nitrogen and oxygen atoms in total. The van der Waals surface area contributed by atoms with E-state index in [1.165, 1.54) is 0 Å². The van der Waals surface area contributed by atoms with E-state index in [2.05, 4.69) is 10.6 Å². The zero-order valence-electron chi connectivity index (χ0n) is 19.6. The monoisotopic (exact) mass is 542 g/mol. The Morgan fingerprint density at radius 2 is 1.81 bits per heavy atom. The van der Waals surface area contributed by atoms with Crippen molar-refractivity contribution in [3.63, 3.8) is 0 Å². The van der Waals surface area contributed by atoms with Gasteiger partial charge in [-0.3, -0.25) is 0 Å². The first-order valence-electron chi connectivity index (χ1n) is 11.2. The number of methoxy groups -OCH3 is 1. The Bertz CT molecular complexity index is 1310. The number of benzene rings is 3. The highest BCUT2D eigenvalue weighted by molar-refractivity contribution is 7.80. The summed E-state index contributed by atoms with van der Waals surface area (Å²) in [7, 11) is 1.55. The summed E-state index contributed by atoms with van der Waals surface area (Å²) >= 11 is 17.7. The second-order valence-corrected chi connectivity index (χ2v) is 9.09. The van der Waals surface area contributed by atoms with Crippen molar-refractivity contribution in [2.75, 3.05) is 13.7 Å². The molecule has 9 heteroatoms. The Morgan fingerprint density at radius 3 is 2.50 bits per heavy atom. The second kappa shape index (κ2) is 11.6. The summed E-state index contributed by atoms with van der Waals surface area (Å²) in [4.78, 5) is 13.1. The fourth-order valence-corrected chi connectivity index (χ4v) is 4.54. The van der Waals surface area contributed by atoms with Crippen LogP contribution in [0.25, 0.3) is 5.70 Å². The number of hydrogen-bond donors (Lipinski definition) is 2. The average molecular weight is 543 g/mol. The highest BCUT2D eigenvalue weighted by Gasteiger charge is 2.33. The smallest absolute Gasteiger partial charge is 0.338 e. The third-order valence-corrected chi connectivity index (χ3v) is 6.36. The van der Waals surface area contributed by atoms with Crippen LogP contribution < -0.4 is 20.1 Å². The number of carbonyl (C=O) groups excluding carboxylic acids is 1. The molecule has 0 aliphatic carbocycles. The van der Waals surface area contributed by atoms with Crippen LogP contribution in [0, 0.1) is 0 Å². The van der Waals surface area contributed by atoms with Crippen LogP contribution in [0.3, 0.4) is 0 Å². The average Bonchev–Trinajstić information content (AvgIpc) is 2.88. The van der Waals surface area contributed by atoms with Gasteiger partial charge in [-0.2, -0.15) is 0 Å². The molecule has 0 radical (unpaired) electrons. The number of thiocarbonyl (C=S) groups is 1. The fourth-order valence-electron chi connectivity index (χ4n) is 3.85. The molecular weight excluding hydrogens is 519 g/mol. The van der Waals surface area contributed by atoms with Crippen molar-refractivity contribution in [1.82, 2.24) is 10.6 Å². The van der Waals surface area contributed by atoms with Gasteiger partial charge in [0.1, 0.15) is 6.61 Å². The van der Waals surface area contributed by atoms with Crippen LogP contribution in [0.4, 0.5) is 0 Å². The van der Waals surface area contributed by atoms with E-state index in [0.717, 1.165) is 16.7 Å². The molecule has 0 aromatic heterocycles. The lowest BCUT2D eigenvalue weighted by atomic mass is 9.92. The molecule has 0 fully saturated rings. The van der Waals surface area contributed by atoms with Crippen LogP contribution in [-0.2, 0) is 16.1 Å². The van der Waals surface area contributed by atoms with Gasteiger partial charge in [0.25, 0.3) is 0 Å². The molecule has 2 N–H and O–H groups in total. The topological polar surface area (TPSA) is 68.8 Å². The van der Waals surface area contributed by atoms with E-state index < -0.39 is 12.0 Å². The van der Waals surface area contributed by atoms with Crippen LogP contribution >= 0.6 is 35.4 Å². The van der Waals surface area contributed by atoms with Crippen LogP contribution in [0.5, 0.6) is 11.5 Å². The maximum absolute atomic E-state index is 13.1. The second-order valence-electron chi connectivity index (χ2n) is 7.84. The molecule has 1 atom stereocenters. The summed E-state index contributed by atoms with van der Waals surface area (Å²) in [5.41, 5.74) is 3.38. The van der Waals surface area contributed by atoms with Crippen LogP contribution in [0.1, 0.15) is 29.7 Å². The molecule has 1 aliphatic heterocycles. The van der Waals surface area contributed by atoms with Gasteiger partial charge in [0.15, 0.2) is 16.6 Å². The molecule has 0 unspecified atom stereocenters. The van der Waals surface area contributed by atoms with E-state index in [1.54, 1.807) is 32.2 Å². The first-order valence-corrected chi connectivity index (χ1v) is 12.4. The van der Waals surface area contributed by atoms with Crippen LogP contribution in [0.2, 0.25) is 10.0 Å². The van der Waals surface area contributed by atoms with Crippen molar-refractivity contribution in [1.29, 1.82) is 0 Å². The number of carbonyl (C=O) groups is 1. The molecule has 0 saturated carbocycles. The molecule has 3 aromatic carbocycles. The largest absolute Gasteiger partial charge is 0.493 e. The minimum atomic E-state index is -0.568. The van der Waals surface area contributed by atoms with Crippen LogP contribution in [0.15, 0.2) is 72.3 Å². The highest BCUT2D eigenvalue weighted by Crippen LogP contribution is 2.37. The predicted molar refractivity (Wildman–Crippen MR) is 145 cm³/mol. The fraction of sp³-hybridized carbons (Fsp3) is 0.185. The minimum absolute atomic E-state index is 0.230. The van der Waals surface area contributed by atoms with Gasteiger partial charge in [0.05, 0.1) is 31.0 Å². The molecule has 4 rings (SSSR count). The lowest BCUT2D eigenvalue weighted by Crippen LogP contribution is -2.45. The molecule has 3 aromatic rings. The van der Waals surface area contributed by atoms with E-state index in [-0.39, 0.29) is 13.2 Å². The van der Waals surface area contributed by atoms with Gasteiger partial charge in [0.2, 0.25) is 0 Å². The lowest BCUT2D eigenvalue weighted by molar-refractivity contribution is -0.138. The third kappa shape index (κ3) is 5.75. The minimum Gasteiger partial charge on any atom is -0.493 e. The molecule has 186 valence electrons. The lowest BCUT2D eigenvalue weighted by Gasteiger charge is -2.31. The maximum Gasteiger partial charge on any atom is 0.338 e. The molecule has 0 bridgehead atoms. The predicted octanol–water partition coefficient (Wildman–Crippen LogP) is 6.07. The maximum atomic E-state index is 13.1. The molecular formula is C27H24Cl2N2O4S. The zero-order chi connectivity index (χ0) is 25.7. The Morgan fingerprint density at radius 1 is 1.03 bits per heavy atom. The number of halogens is 2. The first kappa shape index (κ1) is 25.8. The number of hydrogen-bond acceptors (Lipinski definition) is 5. The standard InChI is InChI=1S/C27H24Cl2N2O4S/c1-3-34-26(32)23-24(16-7-5-4-6-8-16)30-27(36)31-25(23)17-10-12-21(22(13-17)33-2)35-15-18-9-11-19(28)14-20(18)29/h4-14,25H,3,15H2,1-2H3,(H2,30,31,36)/t25-/m1/s1. The normalized spacial score (nSPS) is 15.1. The van der Waals surface area contributed by atoms with Crippen molar-refractivity contribution in [3.8, 4) is 11.5 Å². The molecule has 0 saturated heterocycles.